The van der Waals surface area contributed by atoms with Gasteiger partial charge < -0.3 is 10.2 Å². The van der Waals surface area contributed by atoms with Crippen molar-refractivity contribution in [1.82, 2.24) is 0 Å². The Morgan fingerprint density at radius 1 is 0.947 bits per heavy atom. The summed E-state index contributed by atoms with van der Waals surface area (Å²) in [6.45, 7) is 0. The fraction of sp³-hybridized carbons (Fsp3) is 0.133. The van der Waals surface area contributed by atoms with Crippen LogP contribution in [0, 0.1) is 0 Å². The van der Waals surface area contributed by atoms with E-state index in [1.165, 1.54) is 11.8 Å². The Morgan fingerprint density at radius 2 is 1.47 bits per heavy atom. The fourth-order valence-electron chi connectivity index (χ4n) is 1.73. The summed E-state index contributed by atoms with van der Waals surface area (Å²) in [6, 6.07) is 18.7. The van der Waals surface area contributed by atoms with Crippen LogP contribution in [0.2, 0.25) is 0 Å². The number of hydrogen-bond acceptors (Lipinski definition) is 3. The van der Waals surface area contributed by atoms with Gasteiger partial charge in [0, 0.05) is 4.90 Å². The number of carbonyl (C=O) groups is 1. The van der Waals surface area contributed by atoms with Gasteiger partial charge in [0.15, 0.2) is 6.10 Å². The molecule has 0 spiro atoms. The van der Waals surface area contributed by atoms with Gasteiger partial charge in [0.1, 0.15) is 0 Å². The van der Waals surface area contributed by atoms with E-state index >= 15 is 0 Å². The predicted molar refractivity (Wildman–Crippen MR) is 75.1 cm³/mol. The summed E-state index contributed by atoms with van der Waals surface area (Å²) in [5.41, 5.74) is 0.797. The van der Waals surface area contributed by atoms with Crippen molar-refractivity contribution in [3.8, 4) is 0 Å². The molecule has 0 saturated carbocycles. The first-order chi connectivity index (χ1) is 9.18. The fourth-order valence-corrected chi connectivity index (χ4v) is 2.88. The summed E-state index contributed by atoms with van der Waals surface area (Å²) in [5, 5.41) is 18.4. The van der Waals surface area contributed by atoms with Crippen LogP contribution in [0.15, 0.2) is 65.6 Å². The molecule has 0 aliphatic carbocycles. The van der Waals surface area contributed by atoms with Crippen LogP contribution < -0.4 is 0 Å². The van der Waals surface area contributed by atoms with Crippen molar-refractivity contribution in [2.75, 3.05) is 0 Å². The minimum atomic E-state index is -1.44. The summed E-state index contributed by atoms with van der Waals surface area (Å²) < 4.78 is 0. The lowest BCUT2D eigenvalue weighted by Crippen LogP contribution is -2.25. The third-order valence-electron chi connectivity index (χ3n) is 2.67. The van der Waals surface area contributed by atoms with Gasteiger partial charge in [0.05, 0.1) is 5.25 Å². The smallest absolute Gasteiger partial charge is 0.334 e. The van der Waals surface area contributed by atoms with Crippen molar-refractivity contribution in [3.05, 3.63) is 66.2 Å². The van der Waals surface area contributed by atoms with E-state index in [-0.39, 0.29) is 0 Å². The molecule has 2 aromatic carbocycles. The quantitative estimate of drug-likeness (QED) is 0.823. The zero-order chi connectivity index (χ0) is 13.7. The SMILES string of the molecule is O=C(O)C(O)C(Sc1ccccc1)c1ccccc1. The Kier molecular flexibility index (Phi) is 4.60. The number of rotatable bonds is 5. The number of aliphatic carboxylic acids is 1. The minimum absolute atomic E-state index is 0.527. The van der Waals surface area contributed by atoms with Crippen LogP contribution in [-0.4, -0.2) is 22.3 Å². The Morgan fingerprint density at radius 3 is 2.00 bits per heavy atom. The number of thioether (sulfide) groups is 1. The molecule has 2 N–H and O–H groups in total. The second-order valence-electron chi connectivity index (χ2n) is 4.05. The Labute approximate surface area is 115 Å². The largest absolute Gasteiger partial charge is 0.479 e. The normalized spacial score (nSPS) is 13.7. The average molecular weight is 274 g/mol. The molecule has 2 unspecified atom stereocenters. The lowest BCUT2D eigenvalue weighted by atomic mass is 10.1. The standard InChI is InChI=1S/C15H14O3S/c16-13(15(17)18)14(11-7-3-1-4-8-11)19-12-9-5-2-6-10-12/h1-10,13-14,16H,(H,17,18). The molecule has 19 heavy (non-hydrogen) atoms. The van der Waals surface area contributed by atoms with Crippen molar-refractivity contribution < 1.29 is 15.0 Å². The highest BCUT2D eigenvalue weighted by atomic mass is 32.2. The molecule has 0 aliphatic rings. The molecule has 98 valence electrons. The van der Waals surface area contributed by atoms with Crippen LogP contribution in [0.25, 0.3) is 0 Å². The van der Waals surface area contributed by atoms with E-state index in [2.05, 4.69) is 0 Å². The first-order valence-corrected chi connectivity index (χ1v) is 6.74. The maximum Gasteiger partial charge on any atom is 0.334 e. The number of aliphatic hydroxyl groups is 1. The van der Waals surface area contributed by atoms with Gasteiger partial charge in [0.25, 0.3) is 0 Å². The van der Waals surface area contributed by atoms with Crippen molar-refractivity contribution in [3.63, 3.8) is 0 Å². The third kappa shape index (κ3) is 3.59. The summed E-state index contributed by atoms with van der Waals surface area (Å²) >= 11 is 1.35. The van der Waals surface area contributed by atoms with E-state index in [9.17, 15) is 9.90 Å². The van der Waals surface area contributed by atoms with Crippen LogP contribution in [-0.2, 0) is 4.79 Å². The molecule has 2 atom stereocenters. The lowest BCUT2D eigenvalue weighted by Gasteiger charge is -2.20. The first kappa shape index (κ1) is 13.6. The molecular weight excluding hydrogens is 260 g/mol. The van der Waals surface area contributed by atoms with Gasteiger partial charge in [-0.2, -0.15) is 0 Å². The monoisotopic (exact) mass is 274 g/mol. The number of carboxylic acids is 1. The van der Waals surface area contributed by atoms with Crippen LogP contribution in [0.4, 0.5) is 0 Å². The third-order valence-corrected chi connectivity index (χ3v) is 4.00. The van der Waals surface area contributed by atoms with Crippen molar-refractivity contribution in [1.29, 1.82) is 0 Å². The van der Waals surface area contributed by atoms with E-state index in [0.29, 0.717) is 0 Å². The van der Waals surface area contributed by atoms with Gasteiger partial charge in [-0.25, -0.2) is 4.79 Å². The Bertz CT molecular complexity index is 528. The highest BCUT2D eigenvalue weighted by molar-refractivity contribution is 7.99. The van der Waals surface area contributed by atoms with Gasteiger partial charge in [-0.1, -0.05) is 48.5 Å². The van der Waals surface area contributed by atoms with E-state index in [0.717, 1.165) is 10.5 Å². The molecular formula is C15H14O3S. The molecule has 0 aromatic heterocycles. The second-order valence-corrected chi connectivity index (χ2v) is 5.26. The van der Waals surface area contributed by atoms with Gasteiger partial charge in [-0.3, -0.25) is 0 Å². The highest BCUT2D eigenvalue weighted by Gasteiger charge is 2.28. The molecule has 0 radical (unpaired) electrons. The van der Waals surface area contributed by atoms with Gasteiger partial charge in [-0.05, 0) is 17.7 Å². The molecule has 0 bridgehead atoms. The molecule has 3 nitrogen and oxygen atoms in total. The van der Waals surface area contributed by atoms with Crippen molar-refractivity contribution >= 4 is 17.7 Å². The molecule has 0 aliphatic heterocycles. The first-order valence-electron chi connectivity index (χ1n) is 5.86. The molecule has 4 heteroatoms. The van der Waals surface area contributed by atoms with Crippen LogP contribution in [0.3, 0.4) is 0 Å². The summed E-state index contributed by atoms with van der Waals surface area (Å²) in [4.78, 5) is 12.0. The van der Waals surface area contributed by atoms with Crippen LogP contribution in [0.1, 0.15) is 10.8 Å². The Hall–Kier alpha value is -1.78. The van der Waals surface area contributed by atoms with E-state index in [4.69, 9.17) is 5.11 Å². The van der Waals surface area contributed by atoms with Crippen molar-refractivity contribution in [2.45, 2.75) is 16.2 Å². The number of hydrogen-bond donors (Lipinski definition) is 2. The molecule has 0 fully saturated rings. The van der Waals surface area contributed by atoms with Gasteiger partial charge in [0.2, 0.25) is 0 Å². The van der Waals surface area contributed by atoms with E-state index in [1.807, 2.05) is 60.7 Å². The Balaban J connectivity index is 2.27. The molecule has 2 rings (SSSR count). The van der Waals surface area contributed by atoms with Crippen molar-refractivity contribution in [2.24, 2.45) is 0 Å². The van der Waals surface area contributed by atoms with E-state index in [1.54, 1.807) is 0 Å². The molecule has 2 aromatic rings. The summed E-state index contributed by atoms with van der Waals surface area (Å²) in [7, 11) is 0. The molecule has 0 heterocycles. The zero-order valence-electron chi connectivity index (χ0n) is 10.1. The van der Waals surface area contributed by atoms with Gasteiger partial charge >= 0.3 is 5.97 Å². The number of aliphatic hydroxyl groups excluding tert-OH is 1. The topological polar surface area (TPSA) is 57.5 Å². The van der Waals surface area contributed by atoms with Gasteiger partial charge in [-0.15, -0.1) is 11.8 Å². The zero-order valence-corrected chi connectivity index (χ0v) is 11.0. The average Bonchev–Trinajstić information content (AvgIpc) is 2.46. The second kappa shape index (κ2) is 6.41. The maximum absolute atomic E-state index is 11.0. The maximum atomic E-state index is 11.0. The predicted octanol–water partition coefficient (Wildman–Crippen LogP) is 2.97. The number of carboxylic acid groups (broad SMARTS) is 1. The number of benzene rings is 2. The van der Waals surface area contributed by atoms with E-state index < -0.39 is 17.3 Å². The van der Waals surface area contributed by atoms with Crippen LogP contribution in [0.5, 0.6) is 0 Å². The minimum Gasteiger partial charge on any atom is -0.479 e. The summed E-state index contributed by atoms with van der Waals surface area (Å²) in [6.07, 6.45) is -1.44. The molecule has 0 amide bonds. The molecule has 0 saturated heterocycles. The summed E-state index contributed by atoms with van der Waals surface area (Å²) in [5.74, 6) is -1.21. The van der Waals surface area contributed by atoms with Crippen LogP contribution >= 0.6 is 11.8 Å². The highest BCUT2D eigenvalue weighted by Crippen LogP contribution is 2.37. The lowest BCUT2D eigenvalue weighted by molar-refractivity contribution is -0.146.